The molecule has 0 radical (unpaired) electrons. The Morgan fingerprint density at radius 3 is 2.42 bits per heavy atom. The van der Waals surface area contributed by atoms with Gasteiger partial charge in [0.25, 0.3) is 0 Å². The highest BCUT2D eigenvalue weighted by Crippen LogP contribution is 2.04. The van der Waals surface area contributed by atoms with E-state index < -0.39 is 0 Å². The zero-order valence-corrected chi connectivity index (χ0v) is 8.15. The fourth-order valence-electron chi connectivity index (χ4n) is 1.08. The average Bonchev–Trinajstić information content (AvgIpc) is 2.28. The number of hydrogen-bond acceptors (Lipinski definition) is 1. The molecule has 0 aliphatic rings. The first-order valence-corrected chi connectivity index (χ1v) is 4.21. The van der Waals surface area contributed by atoms with Gasteiger partial charge >= 0.3 is 0 Å². The maximum absolute atomic E-state index is 5.63. The van der Waals surface area contributed by atoms with Gasteiger partial charge in [-0.05, 0) is 26.0 Å². The fourth-order valence-corrected chi connectivity index (χ4v) is 1.14. The Morgan fingerprint density at radius 2 is 2.00 bits per heavy atom. The molecule has 66 valence electrons. The van der Waals surface area contributed by atoms with Crippen LogP contribution in [-0.4, -0.2) is 11.2 Å². The van der Waals surface area contributed by atoms with Gasteiger partial charge in [-0.2, -0.15) is 0 Å². The normalized spacial score (nSPS) is 9.92. The third kappa shape index (κ3) is 2.05. The third-order valence-corrected chi connectivity index (χ3v) is 1.83. The fraction of sp³-hybridized carbons (Fsp3) is 0.333. The van der Waals surface area contributed by atoms with Crippen LogP contribution >= 0.6 is 11.6 Å². The number of aryl methyl sites for hydroxylation is 2. The Balaban J connectivity index is 2.68. The van der Waals surface area contributed by atoms with Crippen LogP contribution in [-0.2, 0) is 0 Å². The lowest BCUT2D eigenvalue weighted by Crippen LogP contribution is -2.18. The summed E-state index contributed by atoms with van der Waals surface area (Å²) in [5, 5.41) is 0.613. The van der Waals surface area contributed by atoms with Crippen LogP contribution in [0.2, 0.25) is 0 Å². The van der Waals surface area contributed by atoms with Gasteiger partial charge in [0.05, 0.1) is 6.54 Å². The molecule has 0 fully saturated rings. The monoisotopic (exact) mass is 184 g/mol. The van der Waals surface area contributed by atoms with Crippen LogP contribution in [0.4, 0.5) is 0 Å². The van der Waals surface area contributed by atoms with Crippen LogP contribution in [0.3, 0.4) is 0 Å². The van der Waals surface area contributed by atoms with Crippen molar-refractivity contribution in [2.24, 2.45) is 0 Å². The summed E-state index contributed by atoms with van der Waals surface area (Å²) < 4.78 is 1.99. The van der Waals surface area contributed by atoms with Gasteiger partial charge in [-0.25, -0.2) is 0 Å². The lowest BCUT2D eigenvalue weighted by molar-refractivity contribution is 0.827. The standard InChI is InChI=1S/C9H13ClN2/c1-7(10)6-11-12-8(2)4-5-9(12)3/h4-5,11H,1,6H2,2-3H3. The zero-order chi connectivity index (χ0) is 9.14. The highest BCUT2D eigenvalue weighted by molar-refractivity contribution is 6.29. The second kappa shape index (κ2) is 3.68. The van der Waals surface area contributed by atoms with Crippen LogP contribution in [0.15, 0.2) is 23.7 Å². The number of nitrogens with zero attached hydrogens (tertiary/aromatic N) is 1. The van der Waals surface area contributed by atoms with Crippen LogP contribution in [0, 0.1) is 13.8 Å². The lowest BCUT2D eigenvalue weighted by atomic mass is 10.5. The highest BCUT2D eigenvalue weighted by Gasteiger charge is 1.98. The van der Waals surface area contributed by atoms with Crippen molar-refractivity contribution in [3.05, 3.63) is 35.1 Å². The molecule has 0 aliphatic heterocycles. The molecular weight excluding hydrogens is 172 g/mol. The van der Waals surface area contributed by atoms with Crippen molar-refractivity contribution in [2.45, 2.75) is 13.8 Å². The molecule has 2 nitrogen and oxygen atoms in total. The van der Waals surface area contributed by atoms with E-state index in [-0.39, 0.29) is 0 Å². The van der Waals surface area contributed by atoms with E-state index in [1.54, 1.807) is 0 Å². The SMILES string of the molecule is C=C(Cl)CNn1c(C)ccc1C. The minimum atomic E-state index is 0.595. The Morgan fingerprint density at radius 1 is 1.50 bits per heavy atom. The lowest BCUT2D eigenvalue weighted by Gasteiger charge is -2.11. The first-order valence-electron chi connectivity index (χ1n) is 3.83. The first-order chi connectivity index (χ1) is 5.61. The number of halogens is 1. The van der Waals surface area contributed by atoms with Crippen LogP contribution in [0.25, 0.3) is 0 Å². The largest absolute Gasteiger partial charge is 0.321 e. The number of aromatic nitrogens is 1. The average molecular weight is 185 g/mol. The van der Waals surface area contributed by atoms with Gasteiger partial charge in [-0.1, -0.05) is 18.2 Å². The Labute approximate surface area is 77.8 Å². The van der Waals surface area contributed by atoms with Crippen LogP contribution in [0.1, 0.15) is 11.4 Å². The van der Waals surface area contributed by atoms with E-state index in [0.717, 1.165) is 0 Å². The molecule has 0 aromatic carbocycles. The van der Waals surface area contributed by atoms with Gasteiger partial charge in [-0.3, -0.25) is 4.68 Å². The molecule has 0 spiro atoms. The molecule has 1 aromatic rings. The maximum atomic E-state index is 5.63. The van der Waals surface area contributed by atoms with E-state index in [2.05, 4.69) is 24.1 Å². The second-order valence-corrected chi connectivity index (χ2v) is 3.34. The molecule has 3 heteroatoms. The molecule has 1 aromatic heterocycles. The van der Waals surface area contributed by atoms with Crippen molar-refractivity contribution in [2.75, 3.05) is 12.0 Å². The Bertz CT molecular complexity index is 269. The summed E-state index contributed by atoms with van der Waals surface area (Å²) in [6.45, 7) is 8.28. The summed E-state index contributed by atoms with van der Waals surface area (Å²) in [5.41, 5.74) is 5.49. The third-order valence-electron chi connectivity index (χ3n) is 1.70. The van der Waals surface area contributed by atoms with Crippen molar-refractivity contribution >= 4 is 11.6 Å². The predicted molar refractivity (Wildman–Crippen MR) is 53.1 cm³/mol. The molecule has 0 bridgehead atoms. The Hall–Kier alpha value is -0.890. The molecule has 0 amide bonds. The molecule has 0 saturated carbocycles. The van der Waals surface area contributed by atoms with E-state index >= 15 is 0 Å². The summed E-state index contributed by atoms with van der Waals surface area (Å²) in [5.74, 6) is 0. The highest BCUT2D eigenvalue weighted by atomic mass is 35.5. The summed E-state index contributed by atoms with van der Waals surface area (Å²) in [7, 11) is 0. The molecule has 12 heavy (non-hydrogen) atoms. The van der Waals surface area contributed by atoms with Crippen molar-refractivity contribution in [3.63, 3.8) is 0 Å². The minimum Gasteiger partial charge on any atom is -0.321 e. The van der Waals surface area contributed by atoms with Crippen molar-refractivity contribution in [3.8, 4) is 0 Å². The van der Waals surface area contributed by atoms with Crippen LogP contribution in [0.5, 0.6) is 0 Å². The van der Waals surface area contributed by atoms with Gasteiger partial charge in [0.2, 0.25) is 0 Å². The quantitative estimate of drug-likeness (QED) is 0.764. The zero-order valence-electron chi connectivity index (χ0n) is 7.39. The van der Waals surface area contributed by atoms with Gasteiger partial charge < -0.3 is 5.43 Å². The molecule has 1 rings (SSSR count). The van der Waals surface area contributed by atoms with Gasteiger partial charge in [0, 0.05) is 16.4 Å². The van der Waals surface area contributed by atoms with Gasteiger partial charge in [0.15, 0.2) is 0 Å². The molecule has 0 atom stereocenters. The first kappa shape index (κ1) is 9.20. The van der Waals surface area contributed by atoms with Crippen LogP contribution < -0.4 is 5.43 Å². The minimum absolute atomic E-state index is 0.595. The number of nitrogens with one attached hydrogen (secondary N) is 1. The molecule has 0 saturated heterocycles. The smallest absolute Gasteiger partial charge is 0.0665 e. The Kier molecular flexibility index (Phi) is 2.82. The predicted octanol–water partition coefficient (Wildman–Crippen LogP) is 2.40. The summed E-state index contributed by atoms with van der Waals surface area (Å²) in [6.07, 6.45) is 0. The molecule has 1 heterocycles. The van der Waals surface area contributed by atoms with Gasteiger partial charge in [0.1, 0.15) is 0 Å². The number of hydrogen-bond donors (Lipinski definition) is 1. The maximum Gasteiger partial charge on any atom is 0.0665 e. The molecular formula is C9H13ClN2. The van der Waals surface area contributed by atoms with E-state index in [9.17, 15) is 0 Å². The molecule has 1 N–H and O–H groups in total. The van der Waals surface area contributed by atoms with Crippen molar-refractivity contribution in [1.29, 1.82) is 0 Å². The van der Waals surface area contributed by atoms with E-state index in [4.69, 9.17) is 11.6 Å². The van der Waals surface area contributed by atoms with E-state index in [1.807, 2.05) is 18.5 Å². The van der Waals surface area contributed by atoms with E-state index in [1.165, 1.54) is 11.4 Å². The molecule has 0 unspecified atom stereocenters. The van der Waals surface area contributed by atoms with Crippen molar-refractivity contribution < 1.29 is 0 Å². The van der Waals surface area contributed by atoms with Gasteiger partial charge in [-0.15, -0.1) is 0 Å². The summed E-state index contributed by atoms with van der Waals surface area (Å²) in [4.78, 5) is 0. The van der Waals surface area contributed by atoms with E-state index in [0.29, 0.717) is 11.6 Å². The topological polar surface area (TPSA) is 17.0 Å². The summed E-state index contributed by atoms with van der Waals surface area (Å²) >= 11 is 5.63. The van der Waals surface area contributed by atoms with Crippen molar-refractivity contribution in [1.82, 2.24) is 4.68 Å². The molecule has 0 aliphatic carbocycles. The number of rotatable bonds is 3. The second-order valence-electron chi connectivity index (χ2n) is 2.80. The summed E-state index contributed by atoms with van der Waals surface area (Å²) in [6, 6.07) is 4.11.